The molecule has 5 unspecified atom stereocenters. The summed E-state index contributed by atoms with van der Waals surface area (Å²) in [7, 11) is -1.58. The lowest BCUT2D eigenvalue weighted by molar-refractivity contribution is -0.262. The van der Waals surface area contributed by atoms with E-state index in [1.807, 2.05) is 6.08 Å². The van der Waals surface area contributed by atoms with Crippen molar-refractivity contribution >= 4 is 8.32 Å². The predicted octanol–water partition coefficient (Wildman–Crippen LogP) is 10.1. The highest BCUT2D eigenvalue weighted by Gasteiger charge is 2.67. The fourth-order valence-electron chi connectivity index (χ4n) is 11.9. The van der Waals surface area contributed by atoms with Gasteiger partial charge in [0.15, 0.2) is 14.1 Å². The summed E-state index contributed by atoms with van der Waals surface area (Å²) in [6.45, 7) is 32.5. The minimum absolute atomic E-state index is 0.0261. The molecule has 0 aromatic heterocycles. The molecular weight excluding hydrogens is 721 g/mol. The third-order valence-electron chi connectivity index (χ3n) is 15.9. The molecule has 0 aliphatic carbocycles. The molecule has 0 N–H and O–H groups in total. The average molecular weight is 799 g/mol. The third kappa shape index (κ3) is 8.65. The van der Waals surface area contributed by atoms with Crippen LogP contribution in [0.3, 0.4) is 0 Å². The largest absolute Gasteiger partial charge is 0.417 e. The molecule has 0 saturated carbocycles. The fourth-order valence-corrected chi connectivity index (χ4v) is 14.7. The van der Waals surface area contributed by atoms with Gasteiger partial charge in [0.05, 0.1) is 54.9 Å². The van der Waals surface area contributed by atoms with Crippen molar-refractivity contribution in [3.8, 4) is 0 Å². The molecule has 0 aromatic rings. The molecule has 8 nitrogen and oxygen atoms in total. The van der Waals surface area contributed by atoms with Crippen LogP contribution in [0.25, 0.3) is 0 Å². The van der Waals surface area contributed by atoms with E-state index in [2.05, 4.69) is 75.1 Å². The summed E-state index contributed by atoms with van der Waals surface area (Å²) in [6, 6.07) is 3.61. The van der Waals surface area contributed by atoms with Gasteiger partial charge in [0.25, 0.3) is 0 Å². The third-order valence-corrected chi connectivity index (χ3v) is 20.5. The number of hydrogen-bond donors (Lipinski definition) is 0. The Morgan fingerprint density at radius 3 is 2.23 bits per heavy atom. The van der Waals surface area contributed by atoms with E-state index in [0.717, 1.165) is 77.2 Å². The van der Waals surface area contributed by atoms with Gasteiger partial charge in [-0.3, -0.25) is 0 Å². The molecule has 6 bridgehead atoms. The van der Waals surface area contributed by atoms with Crippen LogP contribution < -0.4 is 0 Å². The first kappa shape index (κ1) is 43.2. The van der Waals surface area contributed by atoms with Crippen molar-refractivity contribution in [1.82, 2.24) is 0 Å². The van der Waals surface area contributed by atoms with Crippen LogP contribution in [0.15, 0.2) is 37.0 Å². The summed E-state index contributed by atoms with van der Waals surface area (Å²) in [4.78, 5) is 0. The Morgan fingerprint density at radius 1 is 0.804 bits per heavy atom. The molecule has 56 heavy (non-hydrogen) atoms. The van der Waals surface area contributed by atoms with E-state index >= 15 is 0 Å². The molecule has 8 rings (SSSR count). The summed E-state index contributed by atoms with van der Waals surface area (Å²) in [5, 5.41) is 0. The van der Waals surface area contributed by atoms with Gasteiger partial charge in [0.2, 0.25) is 0 Å². The van der Waals surface area contributed by atoms with Gasteiger partial charge in [-0.15, -0.1) is 6.58 Å². The Kier molecular flexibility index (Phi) is 13.9. The highest BCUT2D eigenvalue weighted by Crippen LogP contribution is 2.54. The Labute approximate surface area is 341 Å². The van der Waals surface area contributed by atoms with Crippen LogP contribution in [0, 0.1) is 29.6 Å². The highest BCUT2D eigenvalue weighted by molar-refractivity contribution is 6.73. The molecule has 318 valence electrons. The Bertz CT molecular complexity index is 1360. The monoisotopic (exact) mass is 799 g/mol. The summed E-state index contributed by atoms with van der Waals surface area (Å²) in [5.74, 6) is 1.57. The molecule has 18 atom stereocenters. The van der Waals surface area contributed by atoms with Crippen molar-refractivity contribution in [2.75, 3.05) is 6.61 Å². The quantitative estimate of drug-likeness (QED) is 0.0945. The van der Waals surface area contributed by atoms with E-state index in [-0.39, 0.29) is 79.2 Å². The molecule has 0 spiro atoms. The van der Waals surface area contributed by atoms with E-state index < -0.39 is 14.1 Å². The van der Waals surface area contributed by atoms with E-state index in [0.29, 0.717) is 23.7 Å². The van der Waals surface area contributed by atoms with Gasteiger partial charge in [-0.25, -0.2) is 0 Å². The van der Waals surface area contributed by atoms with Crippen molar-refractivity contribution in [1.29, 1.82) is 0 Å². The van der Waals surface area contributed by atoms with E-state index in [1.54, 1.807) is 0 Å². The van der Waals surface area contributed by atoms with Gasteiger partial charge in [-0.1, -0.05) is 81.0 Å². The Hall–Kier alpha value is -0.883. The van der Waals surface area contributed by atoms with Gasteiger partial charge < -0.3 is 37.6 Å². The second kappa shape index (κ2) is 18.0. The van der Waals surface area contributed by atoms with Crippen molar-refractivity contribution < 1.29 is 37.6 Å². The molecule has 0 aromatic carbocycles. The second-order valence-electron chi connectivity index (χ2n) is 19.4. The first-order chi connectivity index (χ1) is 26.9. The molecule has 0 radical (unpaired) electrons. The summed E-state index contributed by atoms with van der Waals surface area (Å²) in [5.41, 5.74) is 2.44. The molecule has 8 aliphatic heterocycles. The maximum atomic E-state index is 6.96. The van der Waals surface area contributed by atoms with Crippen LogP contribution in [-0.4, -0.2) is 94.0 Å². The fraction of sp³-hybridized carbons (Fsp3) is 0.872. The highest BCUT2D eigenvalue weighted by atomic mass is 28.4. The number of ether oxygens (including phenoxy) is 7. The van der Waals surface area contributed by atoms with Gasteiger partial charge >= 0.3 is 0 Å². The smallest absolute Gasteiger partial charge is 0.191 e. The van der Waals surface area contributed by atoms with Crippen LogP contribution in [0.4, 0.5) is 0 Å². The molecule has 0 amide bonds. The Balaban J connectivity index is 0.886. The lowest BCUT2D eigenvalue weighted by atomic mass is 9.80. The van der Waals surface area contributed by atoms with E-state index in [4.69, 9.17) is 37.6 Å². The molecule has 8 heterocycles. The van der Waals surface area contributed by atoms with Crippen molar-refractivity contribution in [3.63, 3.8) is 0 Å². The SMILES string of the molecule is C=CC[C@@H]1O[C@H]2C3O[C@]4(CC[C@H]5CC(=C)C(CC[C@H]6C[C@@H](C)C(=C)C(C[C@@H]7O[C@H](C[C@H](C)CO[Si](CC)(CC)CC)[C@H](C)C7CC)O6)O5)C[C@H]3O[C@H]2[C@@H](O4)C1C. The van der Waals surface area contributed by atoms with Crippen molar-refractivity contribution in [2.45, 2.75) is 223 Å². The zero-order chi connectivity index (χ0) is 39.9. The normalized spacial score (nSPS) is 45.1. The van der Waals surface area contributed by atoms with Crippen LogP contribution in [0.2, 0.25) is 18.1 Å². The van der Waals surface area contributed by atoms with Crippen LogP contribution in [0.1, 0.15) is 126 Å². The molecule has 8 fully saturated rings. The standard InChI is InChI=1S/C47H78O8Si/c1-12-17-38-33(11)43-45-46(52-38)44-42(53-45)26-47(54-43,55-44)21-20-35-24-30(8)37(49-35)19-18-34-23-29(7)31(9)40(50-34)25-41-36(13-2)32(10)39(51-41)22-28(6)27-48-56(14-3,15-4)16-5/h12,28-29,32-46H,1,8-9,13-27H2,2-7,10-11H3/t28-,29+,32+,33?,34-,35-,36?,37?,38-,39+,40?,41-,42+,43-,44?,45-,46-,47+/m0/s1. The van der Waals surface area contributed by atoms with Crippen LogP contribution in [-0.2, 0) is 37.6 Å². The van der Waals surface area contributed by atoms with E-state index in [1.165, 1.54) is 29.3 Å². The Morgan fingerprint density at radius 2 is 1.52 bits per heavy atom. The zero-order valence-corrected chi connectivity index (χ0v) is 37.4. The minimum Gasteiger partial charge on any atom is -0.417 e. The molecule has 8 aliphatic rings. The molecular formula is C47H78O8Si. The summed E-state index contributed by atoms with van der Waals surface area (Å²) < 4.78 is 54.0. The molecule has 9 heteroatoms. The number of hydrogen-bond acceptors (Lipinski definition) is 8. The van der Waals surface area contributed by atoms with Gasteiger partial charge in [-0.05, 0) is 97.9 Å². The zero-order valence-electron chi connectivity index (χ0n) is 36.4. The van der Waals surface area contributed by atoms with E-state index in [9.17, 15) is 0 Å². The number of rotatable bonds is 19. The van der Waals surface area contributed by atoms with Gasteiger partial charge in [0.1, 0.15) is 18.3 Å². The van der Waals surface area contributed by atoms with Crippen LogP contribution in [0.5, 0.6) is 0 Å². The first-order valence-electron chi connectivity index (χ1n) is 23.1. The van der Waals surface area contributed by atoms with Crippen molar-refractivity contribution in [3.05, 3.63) is 37.0 Å². The lowest BCUT2D eigenvalue weighted by Crippen LogP contribution is -2.54. The van der Waals surface area contributed by atoms with Crippen LogP contribution >= 0.6 is 0 Å². The maximum Gasteiger partial charge on any atom is 0.191 e. The summed E-state index contributed by atoms with van der Waals surface area (Å²) >= 11 is 0. The maximum absolute atomic E-state index is 6.96. The predicted molar refractivity (Wildman–Crippen MR) is 224 cm³/mol. The van der Waals surface area contributed by atoms with Gasteiger partial charge in [-0.2, -0.15) is 0 Å². The topological polar surface area (TPSA) is 73.8 Å². The average Bonchev–Trinajstić information content (AvgIpc) is 3.85. The summed E-state index contributed by atoms with van der Waals surface area (Å²) in [6.07, 6.45) is 12.9. The minimum atomic E-state index is -1.58. The lowest BCUT2D eigenvalue weighted by Gasteiger charge is -2.42. The van der Waals surface area contributed by atoms with Crippen molar-refractivity contribution in [2.24, 2.45) is 29.6 Å². The second-order valence-corrected chi connectivity index (χ2v) is 24.2. The first-order valence-corrected chi connectivity index (χ1v) is 25.6. The molecule has 8 saturated heterocycles. The van der Waals surface area contributed by atoms with Gasteiger partial charge in [0, 0.05) is 31.8 Å².